The molecule has 8 nitrogen and oxygen atoms in total. The molecule has 1 unspecified atom stereocenters. The predicted molar refractivity (Wildman–Crippen MR) is 128 cm³/mol. The van der Waals surface area contributed by atoms with E-state index in [2.05, 4.69) is 29.6 Å². The number of benzene rings is 2. The van der Waals surface area contributed by atoms with E-state index in [9.17, 15) is 19.5 Å². The Labute approximate surface area is 199 Å². The molecule has 0 bridgehead atoms. The van der Waals surface area contributed by atoms with Gasteiger partial charge in [0.25, 0.3) is 0 Å². The molecule has 2 aromatic carbocycles. The van der Waals surface area contributed by atoms with E-state index in [-0.39, 0.29) is 30.9 Å². The number of rotatable bonds is 8. The number of aliphatic carboxylic acids is 1. The van der Waals surface area contributed by atoms with Gasteiger partial charge in [-0.25, -0.2) is 4.79 Å². The zero-order valence-electron chi connectivity index (χ0n) is 19.6. The highest BCUT2D eigenvalue weighted by Gasteiger charge is 2.36. The van der Waals surface area contributed by atoms with Crippen LogP contribution in [-0.2, 0) is 14.3 Å². The number of nitrogens with one attached hydrogen (secondary N) is 1. The van der Waals surface area contributed by atoms with E-state index in [4.69, 9.17) is 4.74 Å². The minimum absolute atomic E-state index is 0.0697. The average Bonchev–Trinajstić information content (AvgIpc) is 3.38. The summed E-state index contributed by atoms with van der Waals surface area (Å²) in [7, 11) is 3.64. The van der Waals surface area contributed by atoms with Crippen molar-refractivity contribution in [1.29, 1.82) is 0 Å². The number of carbonyl (C=O) groups is 3. The molecule has 34 heavy (non-hydrogen) atoms. The van der Waals surface area contributed by atoms with Crippen molar-refractivity contribution in [1.82, 2.24) is 15.1 Å². The number of carbonyl (C=O) groups excluding carboxylic acids is 2. The molecule has 1 saturated heterocycles. The zero-order valence-corrected chi connectivity index (χ0v) is 19.6. The average molecular weight is 466 g/mol. The summed E-state index contributed by atoms with van der Waals surface area (Å²) in [6, 6.07) is 15.0. The van der Waals surface area contributed by atoms with Crippen LogP contribution in [0.1, 0.15) is 36.3 Å². The maximum absolute atomic E-state index is 13.2. The lowest BCUT2D eigenvalue weighted by atomic mass is 9.98. The van der Waals surface area contributed by atoms with Gasteiger partial charge in [-0.1, -0.05) is 48.5 Å². The summed E-state index contributed by atoms with van der Waals surface area (Å²) in [5, 5.41) is 11.9. The van der Waals surface area contributed by atoms with Gasteiger partial charge in [-0.15, -0.1) is 0 Å². The van der Waals surface area contributed by atoms with E-state index in [1.54, 1.807) is 4.90 Å². The number of likely N-dealkylation sites (N-methyl/N-ethyl adjacent to an activating group) is 1. The first kappa shape index (κ1) is 23.8. The van der Waals surface area contributed by atoms with Gasteiger partial charge in [0, 0.05) is 25.0 Å². The van der Waals surface area contributed by atoms with Gasteiger partial charge in [0.2, 0.25) is 5.91 Å². The minimum Gasteiger partial charge on any atom is -0.481 e. The van der Waals surface area contributed by atoms with Gasteiger partial charge in [-0.2, -0.15) is 0 Å². The Balaban J connectivity index is 1.43. The van der Waals surface area contributed by atoms with Crippen LogP contribution < -0.4 is 5.32 Å². The summed E-state index contributed by atoms with van der Waals surface area (Å²) in [6.07, 6.45) is 0.655. The number of carboxylic acids is 1. The second kappa shape index (κ2) is 10.3. The fourth-order valence-electron chi connectivity index (χ4n) is 5.07. The molecular weight excluding hydrogens is 434 g/mol. The van der Waals surface area contributed by atoms with E-state index >= 15 is 0 Å². The fourth-order valence-corrected chi connectivity index (χ4v) is 5.07. The van der Waals surface area contributed by atoms with Crippen molar-refractivity contribution in [3.8, 4) is 11.1 Å². The first-order chi connectivity index (χ1) is 16.3. The van der Waals surface area contributed by atoms with Gasteiger partial charge in [0.1, 0.15) is 12.6 Å². The SMILES string of the molecule is CN(C)CC(NC(=O)OCC1c2ccccc2-c2ccccc21)C(=O)N1CCC[C@H]1CC(=O)O. The van der Waals surface area contributed by atoms with Crippen molar-refractivity contribution in [3.63, 3.8) is 0 Å². The number of hydrogen-bond donors (Lipinski definition) is 2. The molecule has 0 radical (unpaired) electrons. The molecule has 2 aromatic rings. The summed E-state index contributed by atoms with van der Waals surface area (Å²) in [5.41, 5.74) is 4.52. The first-order valence-corrected chi connectivity index (χ1v) is 11.6. The van der Waals surface area contributed by atoms with Crippen LogP contribution in [0.25, 0.3) is 11.1 Å². The lowest BCUT2D eigenvalue weighted by Gasteiger charge is -2.30. The molecule has 1 aliphatic heterocycles. The smallest absolute Gasteiger partial charge is 0.407 e. The normalized spacial score (nSPS) is 17.9. The quantitative estimate of drug-likeness (QED) is 0.622. The molecule has 2 amide bonds. The number of alkyl carbamates (subject to hydrolysis) is 1. The highest BCUT2D eigenvalue weighted by atomic mass is 16.5. The topological polar surface area (TPSA) is 99.2 Å². The molecule has 2 N–H and O–H groups in total. The van der Waals surface area contributed by atoms with Crippen molar-refractivity contribution in [2.45, 2.75) is 37.3 Å². The number of ether oxygens (including phenoxy) is 1. The van der Waals surface area contributed by atoms with Crippen molar-refractivity contribution in [2.75, 3.05) is 33.8 Å². The summed E-state index contributed by atoms with van der Waals surface area (Å²) >= 11 is 0. The lowest BCUT2D eigenvalue weighted by molar-refractivity contribution is -0.140. The molecule has 180 valence electrons. The highest BCUT2D eigenvalue weighted by molar-refractivity contribution is 5.87. The monoisotopic (exact) mass is 465 g/mol. The van der Waals surface area contributed by atoms with Gasteiger partial charge in [-0.05, 0) is 49.2 Å². The summed E-state index contributed by atoms with van der Waals surface area (Å²) in [5.74, 6) is -1.27. The van der Waals surface area contributed by atoms with Crippen LogP contribution >= 0.6 is 0 Å². The van der Waals surface area contributed by atoms with Gasteiger partial charge < -0.3 is 25.0 Å². The van der Waals surface area contributed by atoms with Crippen LogP contribution in [0.3, 0.4) is 0 Å². The van der Waals surface area contributed by atoms with Crippen LogP contribution in [0, 0.1) is 0 Å². The second-order valence-corrected chi connectivity index (χ2v) is 9.21. The Morgan fingerprint density at radius 1 is 1.09 bits per heavy atom. The molecule has 1 heterocycles. The third-order valence-electron chi connectivity index (χ3n) is 6.55. The molecule has 2 atom stereocenters. The minimum atomic E-state index is -0.932. The van der Waals surface area contributed by atoms with Gasteiger partial charge >= 0.3 is 12.1 Å². The van der Waals surface area contributed by atoms with Crippen LogP contribution in [0.15, 0.2) is 48.5 Å². The Hall–Kier alpha value is -3.39. The van der Waals surface area contributed by atoms with E-state index < -0.39 is 18.1 Å². The number of fused-ring (bicyclic) bond motifs is 3. The van der Waals surface area contributed by atoms with Crippen molar-refractivity contribution >= 4 is 18.0 Å². The number of carboxylic acid groups (broad SMARTS) is 1. The molecule has 2 aliphatic rings. The van der Waals surface area contributed by atoms with Gasteiger partial charge in [-0.3, -0.25) is 9.59 Å². The maximum Gasteiger partial charge on any atom is 0.407 e. The maximum atomic E-state index is 13.2. The third-order valence-corrected chi connectivity index (χ3v) is 6.55. The Kier molecular flexibility index (Phi) is 7.17. The number of likely N-dealkylation sites (tertiary alicyclic amines) is 1. The summed E-state index contributed by atoms with van der Waals surface area (Å²) < 4.78 is 5.62. The molecule has 0 aromatic heterocycles. The Morgan fingerprint density at radius 3 is 2.29 bits per heavy atom. The van der Waals surface area contributed by atoms with E-state index in [0.717, 1.165) is 28.7 Å². The van der Waals surface area contributed by atoms with Crippen molar-refractivity contribution in [2.24, 2.45) is 0 Å². The van der Waals surface area contributed by atoms with E-state index in [0.29, 0.717) is 19.5 Å². The molecule has 1 fully saturated rings. The lowest BCUT2D eigenvalue weighted by Crippen LogP contribution is -2.54. The summed E-state index contributed by atoms with van der Waals surface area (Å²) in [4.78, 5) is 40.6. The number of amides is 2. The number of nitrogens with zero attached hydrogens (tertiary/aromatic N) is 2. The molecule has 1 aliphatic carbocycles. The van der Waals surface area contributed by atoms with Crippen LogP contribution in [0.5, 0.6) is 0 Å². The van der Waals surface area contributed by atoms with Crippen LogP contribution in [0.2, 0.25) is 0 Å². The summed E-state index contributed by atoms with van der Waals surface area (Å²) in [6.45, 7) is 0.945. The van der Waals surface area contributed by atoms with Gasteiger partial charge in [0.15, 0.2) is 0 Å². The Bertz CT molecular complexity index is 1020. The molecular formula is C26H31N3O5. The fraction of sp³-hybridized carbons (Fsp3) is 0.423. The first-order valence-electron chi connectivity index (χ1n) is 11.6. The van der Waals surface area contributed by atoms with Gasteiger partial charge in [0.05, 0.1) is 6.42 Å². The second-order valence-electron chi connectivity index (χ2n) is 9.21. The third kappa shape index (κ3) is 5.07. The van der Waals surface area contributed by atoms with E-state index in [1.807, 2.05) is 43.3 Å². The van der Waals surface area contributed by atoms with Crippen molar-refractivity contribution < 1.29 is 24.2 Å². The molecule has 8 heteroatoms. The van der Waals surface area contributed by atoms with E-state index in [1.165, 1.54) is 0 Å². The molecule has 4 rings (SSSR count). The standard InChI is InChI=1S/C26H31N3O5/c1-28(2)15-23(25(32)29-13-7-8-17(29)14-24(30)31)27-26(33)34-16-22-20-11-5-3-9-18(20)19-10-4-6-12-21(19)22/h3-6,9-12,17,22-23H,7-8,13-16H2,1-2H3,(H,27,33)(H,30,31)/t17-,23?/m0/s1. The van der Waals surface area contributed by atoms with Crippen molar-refractivity contribution in [3.05, 3.63) is 59.7 Å². The molecule has 0 saturated carbocycles. The number of hydrogen-bond acceptors (Lipinski definition) is 5. The molecule has 0 spiro atoms. The van der Waals surface area contributed by atoms with Crippen LogP contribution in [-0.4, -0.2) is 78.8 Å². The predicted octanol–water partition coefficient (Wildman–Crippen LogP) is 2.92. The largest absolute Gasteiger partial charge is 0.481 e. The zero-order chi connectivity index (χ0) is 24.2. The van der Waals surface area contributed by atoms with Crippen LogP contribution in [0.4, 0.5) is 4.79 Å². The highest BCUT2D eigenvalue weighted by Crippen LogP contribution is 2.44. The Morgan fingerprint density at radius 2 is 1.71 bits per heavy atom.